The molecule has 2 amide bonds. The second-order valence-electron chi connectivity index (χ2n) is 7.52. The van der Waals surface area contributed by atoms with E-state index in [1.165, 1.54) is 21.1 Å². The number of carbonyl (C=O) groups is 3. The molecule has 1 aliphatic carbocycles. The Morgan fingerprint density at radius 2 is 1.83 bits per heavy atom. The summed E-state index contributed by atoms with van der Waals surface area (Å²) < 4.78 is 15.7. The molecule has 3 rings (SSSR count). The van der Waals surface area contributed by atoms with Gasteiger partial charge in [0.05, 0.1) is 20.1 Å². The lowest BCUT2D eigenvalue weighted by atomic mass is 10.1. The molecular formula is C21H28N2O6. The third kappa shape index (κ3) is 4.81. The first-order valence-corrected chi connectivity index (χ1v) is 9.95. The van der Waals surface area contributed by atoms with Crippen molar-refractivity contribution in [1.29, 1.82) is 0 Å². The molecule has 0 spiro atoms. The van der Waals surface area contributed by atoms with E-state index in [2.05, 4.69) is 5.32 Å². The van der Waals surface area contributed by atoms with E-state index in [9.17, 15) is 14.4 Å². The van der Waals surface area contributed by atoms with Crippen LogP contribution in [0.4, 0.5) is 5.69 Å². The smallest absolute Gasteiger partial charge is 0.312 e. The van der Waals surface area contributed by atoms with Crippen molar-refractivity contribution in [3.8, 4) is 11.5 Å². The molecule has 2 atom stereocenters. The van der Waals surface area contributed by atoms with Gasteiger partial charge in [-0.05, 0) is 31.9 Å². The number of methoxy groups -OCH3 is 2. The Hall–Kier alpha value is -2.77. The van der Waals surface area contributed by atoms with Gasteiger partial charge in [-0.3, -0.25) is 14.4 Å². The van der Waals surface area contributed by atoms with Crippen LogP contribution in [0.25, 0.3) is 0 Å². The molecule has 8 nitrogen and oxygen atoms in total. The lowest BCUT2D eigenvalue weighted by Gasteiger charge is -2.24. The summed E-state index contributed by atoms with van der Waals surface area (Å²) in [6, 6.07) is 5.21. The highest BCUT2D eigenvalue weighted by molar-refractivity contribution is 5.96. The number of esters is 1. The number of rotatable bonds is 7. The highest BCUT2D eigenvalue weighted by atomic mass is 16.5. The van der Waals surface area contributed by atoms with Gasteiger partial charge in [0.25, 0.3) is 5.91 Å². The molecule has 1 aromatic rings. The van der Waals surface area contributed by atoms with Gasteiger partial charge in [-0.2, -0.15) is 0 Å². The monoisotopic (exact) mass is 404 g/mol. The minimum Gasteiger partial charge on any atom is -0.493 e. The van der Waals surface area contributed by atoms with E-state index in [1.807, 2.05) is 4.90 Å². The van der Waals surface area contributed by atoms with Crippen molar-refractivity contribution in [1.82, 2.24) is 4.90 Å². The number of likely N-dealkylation sites (tertiary alicyclic amines) is 1. The van der Waals surface area contributed by atoms with E-state index in [0.29, 0.717) is 23.7 Å². The van der Waals surface area contributed by atoms with Crippen molar-refractivity contribution in [2.75, 3.05) is 26.1 Å². The van der Waals surface area contributed by atoms with Gasteiger partial charge in [0.2, 0.25) is 5.91 Å². The molecule has 29 heavy (non-hydrogen) atoms. The highest BCUT2D eigenvalue weighted by Gasteiger charge is 2.40. The summed E-state index contributed by atoms with van der Waals surface area (Å²) in [7, 11) is 3.03. The van der Waals surface area contributed by atoms with Gasteiger partial charge in [0, 0.05) is 30.8 Å². The average molecular weight is 404 g/mol. The van der Waals surface area contributed by atoms with Crippen molar-refractivity contribution in [2.24, 2.45) is 5.92 Å². The Balaban J connectivity index is 1.54. The Kier molecular flexibility index (Phi) is 6.61. The Morgan fingerprint density at radius 3 is 2.48 bits per heavy atom. The van der Waals surface area contributed by atoms with Crippen LogP contribution in [0.2, 0.25) is 0 Å². The molecule has 2 aliphatic rings. The fourth-order valence-corrected chi connectivity index (χ4v) is 3.94. The molecule has 0 aromatic heterocycles. The Labute approximate surface area is 170 Å². The van der Waals surface area contributed by atoms with Crippen molar-refractivity contribution in [3.63, 3.8) is 0 Å². The average Bonchev–Trinajstić information content (AvgIpc) is 3.37. The minimum absolute atomic E-state index is 0.00119. The van der Waals surface area contributed by atoms with Gasteiger partial charge in [-0.1, -0.05) is 12.8 Å². The fraction of sp³-hybridized carbons (Fsp3) is 0.571. The first kappa shape index (κ1) is 21.0. The maximum Gasteiger partial charge on any atom is 0.312 e. The van der Waals surface area contributed by atoms with Gasteiger partial charge in [0.15, 0.2) is 17.6 Å². The van der Waals surface area contributed by atoms with E-state index in [1.54, 1.807) is 18.2 Å². The Morgan fingerprint density at radius 1 is 1.14 bits per heavy atom. The van der Waals surface area contributed by atoms with Crippen molar-refractivity contribution < 1.29 is 28.6 Å². The number of carbonyl (C=O) groups excluding carboxylic acids is 3. The Bertz CT molecular complexity index is 774. The maximum absolute atomic E-state index is 12.5. The van der Waals surface area contributed by atoms with Crippen LogP contribution in [-0.2, 0) is 19.1 Å². The maximum atomic E-state index is 12.5. The number of anilines is 1. The van der Waals surface area contributed by atoms with Crippen LogP contribution >= 0.6 is 0 Å². The minimum atomic E-state index is -0.980. The predicted molar refractivity (Wildman–Crippen MR) is 106 cm³/mol. The van der Waals surface area contributed by atoms with Gasteiger partial charge in [-0.15, -0.1) is 0 Å². The van der Waals surface area contributed by atoms with E-state index in [0.717, 1.165) is 25.7 Å². The number of nitrogens with one attached hydrogen (secondary N) is 1. The molecule has 0 bridgehead atoms. The van der Waals surface area contributed by atoms with E-state index < -0.39 is 23.9 Å². The topological polar surface area (TPSA) is 94.2 Å². The molecule has 1 heterocycles. The van der Waals surface area contributed by atoms with Gasteiger partial charge in [0.1, 0.15) is 0 Å². The molecule has 1 aliphatic heterocycles. The van der Waals surface area contributed by atoms with Gasteiger partial charge in [-0.25, -0.2) is 0 Å². The van der Waals surface area contributed by atoms with Crippen LogP contribution in [0.1, 0.15) is 39.0 Å². The quantitative estimate of drug-likeness (QED) is 0.701. The first-order valence-electron chi connectivity index (χ1n) is 9.95. The lowest BCUT2D eigenvalue weighted by Crippen LogP contribution is -2.36. The zero-order chi connectivity index (χ0) is 21.0. The fourth-order valence-electron chi connectivity index (χ4n) is 3.94. The number of hydrogen-bond donors (Lipinski definition) is 1. The van der Waals surface area contributed by atoms with Gasteiger partial charge < -0.3 is 24.4 Å². The predicted octanol–water partition coefficient (Wildman–Crippen LogP) is 2.37. The molecule has 1 N–H and O–H groups in total. The highest BCUT2D eigenvalue weighted by Crippen LogP contribution is 2.31. The number of nitrogens with zero attached hydrogens (tertiary/aromatic N) is 1. The first-order chi connectivity index (χ1) is 13.9. The van der Waals surface area contributed by atoms with Crippen LogP contribution in [-0.4, -0.2) is 55.6 Å². The number of amides is 2. The van der Waals surface area contributed by atoms with Crippen molar-refractivity contribution in [3.05, 3.63) is 18.2 Å². The molecule has 1 aromatic carbocycles. The molecule has 1 saturated heterocycles. The zero-order valence-electron chi connectivity index (χ0n) is 17.1. The molecule has 8 heteroatoms. The number of ether oxygens (including phenoxy) is 3. The summed E-state index contributed by atoms with van der Waals surface area (Å²) in [5.41, 5.74) is 0.499. The standard InChI is InChI=1S/C21H28N2O6/c1-13(20(25)22-15-8-9-17(27-2)18(11-15)28-3)29-21(26)14-10-19(24)23(12-14)16-6-4-5-7-16/h8-9,11,13-14,16H,4-7,10,12H2,1-3H3,(H,22,25)/t13-,14+/m1/s1. The SMILES string of the molecule is COc1ccc(NC(=O)[C@@H](C)OC(=O)[C@H]2CC(=O)N(C3CCCC3)C2)cc1OC. The molecule has 0 unspecified atom stereocenters. The summed E-state index contributed by atoms with van der Waals surface area (Å²) in [4.78, 5) is 39.0. The van der Waals surface area contributed by atoms with Crippen molar-refractivity contribution >= 4 is 23.5 Å². The van der Waals surface area contributed by atoms with E-state index in [4.69, 9.17) is 14.2 Å². The van der Waals surface area contributed by atoms with E-state index in [-0.39, 0.29) is 18.4 Å². The van der Waals surface area contributed by atoms with Crippen molar-refractivity contribution in [2.45, 2.75) is 51.2 Å². The number of hydrogen-bond acceptors (Lipinski definition) is 6. The summed E-state index contributed by atoms with van der Waals surface area (Å²) in [5, 5.41) is 2.70. The summed E-state index contributed by atoms with van der Waals surface area (Å²) in [5.74, 6) is -0.453. The zero-order valence-corrected chi connectivity index (χ0v) is 17.1. The molecule has 158 valence electrons. The van der Waals surface area contributed by atoms with E-state index >= 15 is 0 Å². The normalized spacial score (nSPS) is 20.4. The van der Waals surface area contributed by atoms with Gasteiger partial charge >= 0.3 is 5.97 Å². The van der Waals surface area contributed by atoms with Crippen LogP contribution in [0.5, 0.6) is 11.5 Å². The second-order valence-corrected chi connectivity index (χ2v) is 7.52. The van der Waals surface area contributed by atoms with Crippen LogP contribution in [0, 0.1) is 5.92 Å². The second kappa shape index (κ2) is 9.15. The largest absolute Gasteiger partial charge is 0.493 e. The summed E-state index contributed by atoms with van der Waals surface area (Å²) in [6.07, 6.45) is 3.41. The number of benzene rings is 1. The molecule has 2 fully saturated rings. The van der Waals surface area contributed by atoms with Crippen LogP contribution in [0.15, 0.2) is 18.2 Å². The van der Waals surface area contributed by atoms with Crippen LogP contribution in [0.3, 0.4) is 0 Å². The molecular weight excluding hydrogens is 376 g/mol. The molecule has 0 radical (unpaired) electrons. The third-order valence-corrected chi connectivity index (χ3v) is 5.57. The summed E-state index contributed by atoms with van der Waals surface area (Å²) >= 11 is 0. The molecule has 1 saturated carbocycles. The summed E-state index contributed by atoms with van der Waals surface area (Å²) in [6.45, 7) is 1.89. The third-order valence-electron chi connectivity index (χ3n) is 5.57. The lowest BCUT2D eigenvalue weighted by molar-refractivity contribution is -0.157. The van der Waals surface area contributed by atoms with Crippen LogP contribution < -0.4 is 14.8 Å².